The molecule has 2 amide bonds. The van der Waals surface area contributed by atoms with E-state index >= 15 is 0 Å². The van der Waals surface area contributed by atoms with Gasteiger partial charge < -0.3 is 5.32 Å². The first-order valence-corrected chi connectivity index (χ1v) is 7.66. The molecular formula is C15H17N3OS. The molecule has 0 unspecified atom stereocenters. The Morgan fingerprint density at radius 3 is 3.10 bits per heavy atom. The van der Waals surface area contributed by atoms with Gasteiger partial charge in [0.15, 0.2) is 0 Å². The van der Waals surface area contributed by atoms with Crippen LogP contribution >= 0.6 is 11.3 Å². The van der Waals surface area contributed by atoms with Gasteiger partial charge in [0, 0.05) is 30.6 Å². The standard InChI is InChI=1S/C15H17N3OS/c1-11-17-13(10-20-11)6-8-16-15(19)18-9-7-12-4-2-3-5-14(12)18/h2-5,10H,6-9H2,1H3,(H,16,19). The first-order chi connectivity index (χ1) is 9.74. The van der Waals surface area contributed by atoms with E-state index in [1.165, 1.54) is 5.56 Å². The lowest BCUT2D eigenvalue weighted by Crippen LogP contribution is -2.39. The van der Waals surface area contributed by atoms with Crippen LogP contribution in [0.2, 0.25) is 0 Å². The molecule has 1 aliphatic heterocycles. The van der Waals surface area contributed by atoms with Crippen LogP contribution in [0.4, 0.5) is 10.5 Å². The number of amides is 2. The molecule has 3 rings (SSSR count). The molecule has 0 bridgehead atoms. The molecule has 0 atom stereocenters. The van der Waals surface area contributed by atoms with Crippen molar-refractivity contribution in [1.29, 1.82) is 0 Å². The number of thiazole rings is 1. The smallest absolute Gasteiger partial charge is 0.321 e. The van der Waals surface area contributed by atoms with Crippen LogP contribution in [0.5, 0.6) is 0 Å². The van der Waals surface area contributed by atoms with Crippen molar-refractivity contribution in [3.63, 3.8) is 0 Å². The number of carbonyl (C=O) groups excluding carboxylic acids is 1. The highest BCUT2D eigenvalue weighted by molar-refractivity contribution is 7.09. The van der Waals surface area contributed by atoms with Crippen LogP contribution < -0.4 is 10.2 Å². The van der Waals surface area contributed by atoms with E-state index in [2.05, 4.69) is 16.4 Å². The molecule has 1 aliphatic rings. The number of urea groups is 1. The number of fused-ring (bicyclic) bond motifs is 1. The number of para-hydroxylation sites is 1. The lowest BCUT2D eigenvalue weighted by Gasteiger charge is -2.17. The Bertz CT molecular complexity index is 623. The molecule has 1 aromatic heterocycles. The Morgan fingerprint density at radius 2 is 2.30 bits per heavy atom. The normalized spacial score (nSPS) is 13.3. The number of aromatic nitrogens is 1. The van der Waals surface area contributed by atoms with Crippen LogP contribution in [0, 0.1) is 6.92 Å². The van der Waals surface area contributed by atoms with Gasteiger partial charge in [0.25, 0.3) is 0 Å². The molecule has 0 fully saturated rings. The van der Waals surface area contributed by atoms with Gasteiger partial charge in [0.1, 0.15) is 0 Å². The maximum atomic E-state index is 12.2. The largest absolute Gasteiger partial charge is 0.337 e. The predicted octanol–water partition coefficient (Wildman–Crippen LogP) is 2.77. The fraction of sp³-hybridized carbons (Fsp3) is 0.333. The van der Waals surface area contributed by atoms with Crippen molar-refractivity contribution < 1.29 is 4.79 Å². The van der Waals surface area contributed by atoms with Crippen molar-refractivity contribution in [1.82, 2.24) is 10.3 Å². The maximum absolute atomic E-state index is 12.2. The van der Waals surface area contributed by atoms with Gasteiger partial charge >= 0.3 is 6.03 Å². The lowest BCUT2D eigenvalue weighted by atomic mass is 10.2. The number of hydrogen-bond donors (Lipinski definition) is 1. The molecule has 0 spiro atoms. The van der Waals surface area contributed by atoms with Gasteiger partial charge in [-0.05, 0) is 25.0 Å². The Morgan fingerprint density at radius 1 is 1.45 bits per heavy atom. The zero-order valence-electron chi connectivity index (χ0n) is 11.4. The molecule has 20 heavy (non-hydrogen) atoms. The number of anilines is 1. The SMILES string of the molecule is Cc1nc(CCNC(=O)N2CCc3ccccc32)cs1. The quantitative estimate of drug-likeness (QED) is 0.943. The van der Waals surface area contributed by atoms with E-state index in [-0.39, 0.29) is 6.03 Å². The minimum absolute atomic E-state index is 0.0121. The summed E-state index contributed by atoms with van der Waals surface area (Å²) in [4.78, 5) is 18.4. The average molecular weight is 287 g/mol. The number of aryl methyl sites for hydroxylation is 1. The fourth-order valence-corrected chi connectivity index (χ4v) is 3.11. The number of benzene rings is 1. The molecule has 2 aromatic rings. The summed E-state index contributed by atoms with van der Waals surface area (Å²) < 4.78 is 0. The second kappa shape index (κ2) is 5.63. The highest BCUT2D eigenvalue weighted by Crippen LogP contribution is 2.27. The minimum atomic E-state index is -0.0121. The summed E-state index contributed by atoms with van der Waals surface area (Å²) in [6.07, 6.45) is 1.72. The van der Waals surface area contributed by atoms with Crippen molar-refractivity contribution in [3.8, 4) is 0 Å². The number of hydrogen-bond acceptors (Lipinski definition) is 3. The first-order valence-electron chi connectivity index (χ1n) is 6.78. The Kier molecular flexibility index (Phi) is 3.69. The zero-order chi connectivity index (χ0) is 13.9. The van der Waals surface area contributed by atoms with E-state index in [1.807, 2.05) is 35.4 Å². The molecule has 0 radical (unpaired) electrons. The Labute approximate surface area is 122 Å². The van der Waals surface area contributed by atoms with Gasteiger partial charge in [0.05, 0.1) is 10.7 Å². The van der Waals surface area contributed by atoms with Gasteiger partial charge in [-0.25, -0.2) is 9.78 Å². The third-order valence-corrected chi connectivity index (χ3v) is 4.28. The summed E-state index contributed by atoms with van der Waals surface area (Å²) in [6, 6.07) is 8.07. The van der Waals surface area contributed by atoms with Crippen LogP contribution in [-0.2, 0) is 12.8 Å². The van der Waals surface area contributed by atoms with Crippen molar-refractivity contribution in [2.24, 2.45) is 0 Å². The van der Waals surface area contributed by atoms with Crippen LogP contribution in [-0.4, -0.2) is 24.1 Å². The molecule has 1 aromatic carbocycles. The van der Waals surface area contributed by atoms with E-state index in [1.54, 1.807) is 11.3 Å². The Balaban J connectivity index is 1.55. The third kappa shape index (κ3) is 2.67. The van der Waals surface area contributed by atoms with Crippen LogP contribution in [0.15, 0.2) is 29.6 Å². The second-order valence-electron chi connectivity index (χ2n) is 4.87. The highest BCUT2D eigenvalue weighted by Gasteiger charge is 2.23. The molecule has 0 saturated carbocycles. The maximum Gasteiger partial charge on any atom is 0.321 e. The third-order valence-electron chi connectivity index (χ3n) is 3.46. The van der Waals surface area contributed by atoms with Crippen molar-refractivity contribution in [2.75, 3.05) is 18.0 Å². The highest BCUT2D eigenvalue weighted by atomic mass is 32.1. The van der Waals surface area contributed by atoms with Gasteiger partial charge in [-0.2, -0.15) is 0 Å². The van der Waals surface area contributed by atoms with Gasteiger partial charge in [-0.3, -0.25) is 4.90 Å². The van der Waals surface area contributed by atoms with Crippen LogP contribution in [0.1, 0.15) is 16.3 Å². The van der Waals surface area contributed by atoms with E-state index in [9.17, 15) is 4.79 Å². The van der Waals surface area contributed by atoms with Crippen molar-refractivity contribution >= 4 is 23.1 Å². The zero-order valence-corrected chi connectivity index (χ0v) is 12.2. The van der Waals surface area contributed by atoms with E-state index < -0.39 is 0 Å². The molecule has 0 saturated heterocycles. The van der Waals surface area contributed by atoms with Crippen LogP contribution in [0.25, 0.3) is 0 Å². The predicted molar refractivity (Wildman–Crippen MR) is 81.4 cm³/mol. The fourth-order valence-electron chi connectivity index (χ4n) is 2.47. The van der Waals surface area contributed by atoms with Crippen LogP contribution in [0.3, 0.4) is 0 Å². The summed E-state index contributed by atoms with van der Waals surface area (Å²) in [5, 5.41) is 6.09. The summed E-state index contributed by atoms with van der Waals surface area (Å²) in [5.74, 6) is 0. The molecular weight excluding hydrogens is 270 g/mol. The molecule has 1 N–H and O–H groups in total. The minimum Gasteiger partial charge on any atom is -0.337 e. The summed E-state index contributed by atoms with van der Waals surface area (Å²) in [7, 11) is 0. The number of nitrogens with zero attached hydrogens (tertiary/aromatic N) is 2. The van der Waals surface area contributed by atoms with Crippen molar-refractivity contribution in [3.05, 3.63) is 45.9 Å². The lowest BCUT2D eigenvalue weighted by molar-refractivity contribution is 0.247. The number of rotatable bonds is 3. The van der Waals surface area contributed by atoms with E-state index in [0.29, 0.717) is 6.54 Å². The van der Waals surface area contributed by atoms with Crippen molar-refractivity contribution in [2.45, 2.75) is 19.8 Å². The van der Waals surface area contributed by atoms with Gasteiger partial charge in [-0.1, -0.05) is 18.2 Å². The number of nitrogens with one attached hydrogen (secondary N) is 1. The van der Waals surface area contributed by atoms with Gasteiger partial charge in [0.2, 0.25) is 0 Å². The summed E-state index contributed by atoms with van der Waals surface area (Å²) in [5.41, 5.74) is 3.34. The summed E-state index contributed by atoms with van der Waals surface area (Å²) >= 11 is 1.65. The molecule has 5 heteroatoms. The van der Waals surface area contributed by atoms with E-state index in [4.69, 9.17) is 0 Å². The van der Waals surface area contributed by atoms with E-state index in [0.717, 1.165) is 35.8 Å². The van der Waals surface area contributed by atoms with Gasteiger partial charge in [-0.15, -0.1) is 11.3 Å². The second-order valence-corrected chi connectivity index (χ2v) is 5.93. The monoisotopic (exact) mass is 287 g/mol. The average Bonchev–Trinajstić information content (AvgIpc) is 3.05. The number of carbonyl (C=O) groups is 1. The topological polar surface area (TPSA) is 45.2 Å². The molecule has 0 aliphatic carbocycles. The summed E-state index contributed by atoms with van der Waals surface area (Å²) in [6.45, 7) is 3.38. The Hall–Kier alpha value is -1.88. The molecule has 104 valence electrons. The first kappa shape index (κ1) is 13.1. The molecule has 4 nitrogen and oxygen atoms in total. The molecule has 2 heterocycles.